The summed E-state index contributed by atoms with van der Waals surface area (Å²) in [7, 11) is 0. The number of carbonyl (C=O) groups is 2. The van der Waals surface area contributed by atoms with E-state index in [1.807, 2.05) is 18.2 Å². The largest absolute Gasteiger partial charge is 0.508 e. The lowest BCUT2D eigenvalue weighted by molar-refractivity contribution is -0.144. The molecule has 39 heavy (non-hydrogen) atoms. The molecule has 0 spiro atoms. The zero-order valence-corrected chi connectivity index (χ0v) is 24.6. The third kappa shape index (κ3) is 9.58. The Morgan fingerprint density at radius 1 is 0.897 bits per heavy atom. The van der Waals surface area contributed by atoms with E-state index < -0.39 is 0 Å². The predicted octanol–water partition coefficient (Wildman–Crippen LogP) is 8.10. The van der Waals surface area contributed by atoms with E-state index in [1.165, 1.54) is 18.2 Å². The quantitative estimate of drug-likeness (QED) is 0.0736. The molecule has 2 N–H and O–H groups in total. The number of rotatable bonds is 16. The number of halogens is 1. The fourth-order valence-electron chi connectivity index (χ4n) is 3.95. The highest BCUT2D eigenvalue weighted by Gasteiger charge is 2.19. The molecule has 0 atom stereocenters. The van der Waals surface area contributed by atoms with Crippen LogP contribution in [0.2, 0.25) is 5.02 Å². The van der Waals surface area contributed by atoms with Crippen molar-refractivity contribution in [2.75, 3.05) is 24.7 Å². The third-order valence-electron chi connectivity index (χ3n) is 5.81. The molecular formula is C29H35ClO7S2. The van der Waals surface area contributed by atoms with E-state index >= 15 is 0 Å². The second-order valence-corrected chi connectivity index (χ2v) is 12.0. The number of phenolic OH excluding ortho intramolecular Hbond substituents is 2. The summed E-state index contributed by atoms with van der Waals surface area (Å²) in [5.41, 5.74) is 1.92. The van der Waals surface area contributed by atoms with Crippen molar-refractivity contribution in [1.29, 1.82) is 0 Å². The maximum Gasteiger partial charge on any atom is 0.305 e. The average Bonchev–Trinajstić information content (AvgIpc) is 3.33. The summed E-state index contributed by atoms with van der Waals surface area (Å²) in [6, 6.07) is 10.0. The molecule has 0 saturated carbocycles. The summed E-state index contributed by atoms with van der Waals surface area (Å²) in [5.74, 6) is 1.83. The van der Waals surface area contributed by atoms with Gasteiger partial charge in [-0.1, -0.05) is 11.6 Å². The van der Waals surface area contributed by atoms with Gasteiger partial charge in [-0.15, -0.1) is 23.5 Å². The van der Waals surface area contributed by atoms with Crippen molar-refractivity contribution in [3.8, 4) is 22.8 Å². The van der Waals surface area contributed by atoms with Crippen molar-refractivity contribution in [3.05, 3.63) is 47.0 Å². The topological polar surface area (TPSA) is 106 Å². The number of furan rings is 1. The SMILES string of the molecule is CCOC(=O)CCCCSC(SCCCCC(=O)OCC)c1cc(Cl)c2oc(-c3cc(O)ccc3O)cc2c1. The molecule has 0 fully saturated rings. The van der Waals surface area contributed by atoms with Crippen molar-refractivity contribution in [1.82, 2.24) is 0 Å². The lowest BCUT2D eigenvalue weighted by atomic mass is 10.1. The van der Waals surface area contributed by atoms with Crippen LogP contribution in [0.4, 0.5) is 0 Å². The van der Waals surface area contributed by atoms with Gasteiger partial charge < -0.3 is 24.1 Å². The second kappa shape index (κ2) is 15.9. The lowest BCUT2D eigenvalue weighted by Gasteiger charge is -2.17. The Labute approximate surface area is 242 Å². The van der Waals surface area contributed by atoms with E-state index in [2.05, 4.69) is 0 Å². The summed E-state index contributed by atoms with van der Waals surface area (Å²) in [4.78, 5) is 23.3. The van der Waals surface area contributed by atoms with Gasteiger partial charge in [-0.05, 0) is 93.0 Å². The first-order chi connectivity index (χ1) is 18.8. The number of fused-ring (bicyclic) bond motifs is 1. The molecule has 0 unspecified atom stereocenters. The standard InChI is InChI=1S/C29H35ClO7S2/c1-3-35-26(33)9-5-7-13-38-29(39-14-8-6-10-27(34)36-4-2)20-15-19-17-25(37-28(19)23(30)16-20)22-18-21(31)11-12-24(22)32/h11-12,15-18,29,31-32H,3-10,13-14H2,1-2H3. The Morgan fingerprint density at radius 3 is 2.10 bits per heavy atom. The number of unbranched alkanes of at least 4 members (excludes halogenated alkanes) is 2. The molecule has 0 bridgehead atoms. The maximum atomic E-state index is 11.6. The molecule has 3 rings (SSSR count). The highest BCUT2D eigenvalue weighted by molar-refractivity contribution is 8.16. The van der Waals surface area contributed by atoms with Crippen molar-refractivity contribution in [3.63, 3.8) is 0 Å². The minimum absolute atomic E-state index is 0.00201. The molecule has 1 heterocycles. The van der Waals surface area contributed by atoms with E-state index in [0.29, 0.717) is 48.0 Å². The summed E-state index contributed by atoms with van der Waals surface area (Å²) in [5, 5.41) is 21.4. The fourth-order valence-corrected chi connectivity index (χ4v) is 7.02. The highest BCUT2D eigenvalue weighted by atomic mass is 35.5. The van der Waals surface area contributed by atoms with Crippen LogP contribution in [0.5, 0.6) is 11.5 Å². The average molecular weight is 595 g/mol. The van der Waals surface area contributed by atoms with Crippen LogP contribution in [-0.4, -0.2) is 46.9 Å². The van der Waals surface area contributed by atoms with Gasteiger partial charge in [0.25, 0.3) is 0 Å². The van der Waals surface area contributed by atoms with Crippen LogP contribution in [0.15, 0.2) is 40.8 Å². The Morgan fingerprint density at radius 2 is 1.51 bits per heavy atom. The Bertz CT molecular complexity index is 1220. The predicted molar refractivity (Wildman–Crippen MR) is 159 cm³/mol. The molecule has 3 aromatic rings. The molecule has 0 saturated heterocycles. The number of benzene rings is 2. The minimum Gasteiger partial charge on any atom is -0.508 e. The summed E-state index contributed by atoms with van der Waals surface area (Å²) < 4.78 is 16.1. The lowest BCUT2D eigenvalue weighted by Crippen LogP contribution is -2.04. The molecule has 1 aromatic heterocycles. The zero-order valence-electron chi connectivity index (χ0n) is 22.2. The maximum absolute atomic E-state index is 11.6. The zero-order chi connectivity index (χ0) is 28.2. The van der Waals surface area contributed by atoms with Crippen LogP contribution >= 0.6 is 35.1 Å². The van der Waals surface area contributed by atoms with Gasteiger partial charge in [-0.25, -0.2) is 0 Å². The van der Waals surface area contributed by atoms with Gasteiger partial charge in [0.05, 0.1) is 28.4 Å². The summed E-state index contributed by atoms with van der Waals surface area (Å²) >= 11 is 10.2. The number of hydrogen-bond donors (Lipinski definition) is 2. The Kier molecular flexibility index (Phi) is 12.7. The van der Waals surface area contributed by atoms with Crippen molar-refractivity contribution in [2.45, 2.75) is 57.0 Å². The second-order valence-electron chi connectivity index (χ2n) is 8.83. The van der Waals surface area contributed by atoms with Gasteiger partial charge in [0.1, 0.15) is 17.3 Å². The van der Waals surface area contributed by atoms with Crippen molar-refractivity contribution < 1.29 is 33.7 Å². The number of hydrogen-bond acceptors (Lipinski definition) is 9. The first-order valence-electron chi connectivity index (χ1n) is 13.1. The summed E-state index contributed by atoms with van der Waals surface area (Å²) in [6.07, 6.45) is 4.12. The molecule has 0 aliphatic carbocycles. The molecular weight excluding hydrogens is 560 g/mol. The molecule has 0 radical (unpaired) electrons. The normalized spacial score (nSPS) is 11.3. The van der Waals surface area contributed by atoms with Crippen molar-refractivity contribution >= 4 is 58.0 Å². The number of carbonyl (C=O) groups excluding carboxylic acids is 2. The molecule has 7 nitrogen and oxygen atoms in total. The molecule has 0 aliphatic rings. The first-order valence-corrected chi connectivity index (χ1v) is 15.6. The number of ether oxygens (including phenoxy) is 2. The Hall–Kier alpha value is -2.49. The highest BCUT2D eigenvalue weighted by Crippen LogP contribution is 2.44. The number of aromatic hydroxyl groups is 2. The van der Waals surface area contributed by atoms with Crippen LogP contribution in [0.1, 0.15) is 62.5 Å². The minimum atomic E-state index is -0.166. The van der Waals surface area contributed by atoms with Gasteiger partial charge in [0, 0.05) is 18.2 Å². The van der Waals surface area contributed by atoms with Gasteiger partial charge in [-0.3, -0.25) is 9.59 Å². The number of phenols is 2. The molecule has 10 heteroatoms. The van der Waals surface area contributed by atoms with E-state index in [9.17, 15) is 19.8 Å². The Balaban J connectivity index is 1.72. The van der Waals surface area contributed by atoms with Crippen LogP contribution in [-0.2, 0) is 19.1 Å². The van der Waals surface area contributed by atoms with Crippen LogP contribution in [0.3, 0.4) is 0 Å². The molecule has 212 valence electrons. The molecule has 2 aromatic carbocycles. The van der Waals surface area contributed by atoms with Crippen LogP contribution < -0.4 is 0 Å². The summed E-state index contributed by atoms with van der Waals surface area (Å²) in [6.45, 7) is 4.40. The van der Waals surface area contributed by atoms with Gasteiger partial charge in [0.15, 0.2) is 5.58 Å². The van der Waals surface area contributed by atoms with Gasteiger partial charge in [-0.2, -0.15) is 0 Å². The van der Waals surface area contributed by atoms with Gasteiger partial charge >= 0.3 is 11.9 Å². The third-order valence-corrected chi connectivity index (χ3v) is 9.11. The van der Waals surface area contributed by atoms with Gasteiger partial charge in [0.2, 0.25) is 0 Å². The van der Waals surface area contributed by atoms with E-state index in [0.717, 1.165) is 48.1 Å². The van der Waals surface area contributed by atoms with Crippen LogP contribution in [0, 0.1) is 0 Å². The molecule has 0 aliphatic heterocycles. The molecule has 0 amide bonds. The smallest absolute Gasteiger partial charge is 0.305 e. The van der Waals surface area contributed by atoms with Crippen molar-refractivity contribution in [2.24, 2.45) is 0 Å². The number of esters is 2. The van der Waals surface area contributed by atoms with E-state index in [1.54, 1.807) is 37.4 Å². The number of thioether (sulfide) groups is 2. The van der Waals surface area contributed by atoms with E-state index in [4.69, 9.17) is 25.5 Å². The first kappa shape index (κ1) is 31.0. The monoisotopic (exact) mass is 594 g/mol. The van der Waals surface area contributed by atoms with Crippen LogP contribution in [0.25, 0.3) is 22.3 Å². The fraction of sp³-hybridized carbons (Fsp3) is 0.448. The van der Waals surface area contributed by atoms with E-state index in [-0.39, 0.29) is 28.0 Å².